The molecule has 0 aromatic heterocycles. The van der Waals surface area contributed by atoms with Gasteiger partial charge in [-0.2, -0.15) is 0 Å². The minimum atomic E-state index is -1.81. The number of rotatable bonds is 7. The molecule has 0 aliphatic heterocycles. The average Bonchev–Trinajstić information content (AvgIpc) is 2.07. The predicted octanol–water partition coefficient (Wildman–Crippen LogP) is 3.77. The van der Waals surface area contributed by atoms with Gasteiger partial charge in [-0.25, -0.2) is 0 Å². The van der Waals surface area contributed by atoms with E-state index in [9.17, 15) is 4.79 Å². The Balaban J connectivity index is 4.51. The Bertz CT molecular complexity index is 241. The number of hydrogen-bond acceptors (Lipinski definition) is 3. The summed E-state index contributed by atoms with van der Waals surface area (Å²) in [6, 6.07) is 0. The molecule has 0 fully saturated rings. The van der Waals surface area contributed by atoms with Crippen LogP contribution in [0.3, 0.4) is 0 Å². The van der Waals surface area contributed by atoms with E-state index >= 15 is 0 Å². The zero-order valence-corrected chi connectivity index (χ0v) is 14.4. The maximum atomic E-state index is 12.1. The molecule has 0 heterocycles. The summed E-state index contributed by atoms with van der Waals surface area (Å²) in [5.41, 5.74) is 0. The summed E-state index contributed by atoms with van der Waals surface area (Å²) in [4.78, 5) is 12.1. The first-order valence-corrected chi connectivity index (χ1v) is 13.3. The van der Waals surface area contributed by atoms with Gasteiger partial charge in [0.05, 0.1) is 0 Å². The second kappa shape index (κ2) is 6.70. The lowest BCUT2D eigenvalue weighted by Crippen LogP contribution is -2.41. The van der Waals surface area contributed by atoms with Gasteiger partial charge in [0.2, 0.25) is 8.32 Å². The van der Waals surface area contributed by atoms with Crippen LogP contribution in [0.1, 0.15) is 26.2 Å². The van der Waals surface area contributed by atoms with Gasteiger partial charge in [0, 0.05) is 0 Å². The van der Waals surface area contributed by atoms with Gasteiger partial charge in [0.1, 0.15) is 6.10 Å². The van der Waals surface area contributed by atoms with Crippen molar-refractivity contribution < 1.29 is 13.6 Å². The molecule has 0 rings (SSSR count). The van der Waals surface area contributed by atoms with E-state index < -0.39 is 16.6 Å². The maximum Gasteiger partial charge on any atom is 0.320 e. The highest BCUT2D eigenvalue weighted by atomic mass is 28.4. The topological polar surface area (TPSA) is 35.5 Å². The standard InChI is InChI=1S/C12H28O3Si2/c1-8-9-10-11(14-16(2,3)4)12(13)15-17(5,6)7/h11H,8-10H2,1-7H3. The highest BCUT2D eigenvalue weighted by Crippen LogP contribution is 2.16. The smallest absolute Gasteiger partial charge is 0.320 e. The van der Waals surface area contributed by atoms with Crippen LogP contribution in [0.5, 0.6) is 0 Å². The van der Waals surface area contributed by atoms with E-state index in [1.165, 1.54) is 0 Å². The Morgan fingerprint density at radius 3 is 1.94 bits per heavy atom. The molecule has 0 amide bonds. The van der Waals surface area contributed by atoms with Crippen LogP contribution in [-0.4, -0.2) is 28.7 Å². The second-order valence-electron chi connectivity index (χ2n) is 6.39. The Labute approximate surface area is 108 Å². The molecular formula is C12H28O3Si2. The minimum absolute atomic E-state index is 0.153. The molecule has 0 spiro atoms. The molecule has 102 valence electrons. The summed E-state index contributed by atoms with van der Waals surface area (Å²) >= 11 is 0. The fourth-order valence-electron chi connectivity index (χ4n) is 1.41. The number of hydrogen-bond donors (Lipinski definition) is 0. The van der Waals surface area contributed by atoms with Crippen LogP contribution in [0, 0.1) is 0 Å². The van der Waals surface area contributed by atoms with E-state index in [0.29, 0.717) is 0 Å². The van der Waals surface area contributed by atoms with Gasteiger partial charge in [0.15, 0.2) is 8.32 Å². The van der Waals surface area contributed by atoms with E-state index in [0.717, 1.165) is 19.3 Å². The van der Waals surface area contributed by atoms with E-state index in [2.05, 4.69) is 26.6 Å². The van der Waals surface area contributed by atoms with Gasteiger partial charge in [0.25, 0.3) is 0 Å². The van der Waals surface area contributed by atoms with E-state index in [1.54, 1.807) is 0 Å². The molecule has 0 saturated carbocycles. The summed E-state index contributed by atoms with van der Waals surface area (Å²) in [6.07, 6.45) is 2.51. The lowest BCUT2D eigenvalue weighted by molar-refractivity contribution is -0.143. The Kier molecular flexibility index (Phi) is 6.65. The van der Waals surface area contributed by atoms with Crippen molar-refractivity contribution in [1.29, 1.82) is 0 Å². The largest absolute Gasteiger partial charge is 0.518 e. The third kappa shape index (κ3) is 9.55. The summed E-state index contributed by atoms with van der Waals surface area (Å²) in [5, 5.41) is 0. The summed E-state index contributed by atoms with van der Waals surface area (Å²) in [6.45, 7) is 14.5. The third-order valence-electron chi connectivity index (χ3n) is 1.99. The van der Waals surface area contributed by atoms with Crippen LogP contribution in [0.15, 0.2) is 0 Å². The van der Waals surface area contributed by atoms with E-state index in [-0.39, 0.29) is 12.1 Å². The summed E-state index contributed by atoms with van der Waals surface area (Å²) in [7, 11) is -3.51. The molecular weight excluding hydrogens is 248 g/mol. The first-order chi connectivity index (χ1) is 7.55. The van der Waals surface area contributed by atoms with Crippen molar-refractivity contribution in [3.8, 4) is 0 Å². The molecule has 0 aromatic rings. The fraction of sp³-hybridized carbons (Fsp3) is 0.917. The normalized spacial score (nSPS) is 14.5. The van der Waals surface area contributed by atoms with Crippen molar-refractivity contribution in [2.75, 3.05) is 0 Å². The Hall–Kier alpha value is -0.136. The van der Waals surface area contributed by atoms with Crippen LogP contribution in [0.25, 0.3) is 0 Å². The van der Waals surface area contributed by atoms with Crippen molar-refractivity contribution >= 4 is 22.6 Å². The van der Waals surface area contributed by atoms with Crippen LogP contribution < -0.4 is 0 Å². The van der Waals surface area contributed by atoms with Crippen molar-refractivity contribution in [2.45, 2.75) is 71.6 Å². The van der Waals surface area contributed by atoms with Crippen LogP contribution >= 0.6 is 0 Å². The first-order valence-electron chi connectivity index (χ1n) is 6.46. The van der Waals surface area contributed by atoms with Gasteiger partial charge < -0.3 is 8.85 Å². The van der Waals surface area contributed by atoms with Crippen molar-refractivity contribution in [3.05, 3.63) is 0 Å². The molecule has 1 atom stereocenters. The molecule has 0 bridgehead atoms. The molecule has 0 aliphatic rings. The summed E-state index contributed by atoms with van der Waals surface area (Å²) < 4.78 is 11.5. The zero-order chi connectivity index (χ0) is 13.7. The lowest BCUT2D eigenvalue weighted by Gasteiger charge is -2.28. The van der Waals surface area contributed by atoms with Gasteiger partial charge in [-0.15, -0.1) is 0 Å². The quantitative estimate of drug-likeness (QED) is 0.664. The molecule has 1 unspecified atom stereocenters. The highest BCUT2D eigenvalue weighted by Gasteiger charge is 2.30. The minimum Gasteiger partial charge on any atom is -0.518 e. The molecule has 0 radical (unpaired) electrons. The molecule has 0 saturated heterocycles. The molecule has 0 aliphatic carbocycles. The highest BCUT2D eigenvalue weighted by molar-refractivity contribution is 6.71. The monoisotopic (exact) mass is 276 g/mol. The zero-order valence-electron chi connectivity index (χ0n) is 12.4. The average molecular weight is 277 g/mol. The molecule has 17 heavy (non-hydrogen) atoms. The fourth-order valence-corrected chi connectivity index (χ4v) is 3.21. The van der Waals surface area contributed by atoms with Crippen molar-refractivity contribution in [3.63, 3.8) is 0 Å². The Morgan fingerprint density at radius 1 is 1.06 bits per heavy atom. The number of carbonyl (C=O) groups excluding carboxylic acids is 1. The van der Waals surface area contributed by atoms with Crippen LogP contribution in [-0.2, 0) is 13.6 Å². The van der Waals surface area contributed by atoms with Crippen molar-refractivity contribution in [2.24, 2.45) is 0 Å². The maximum absolute atomic E-state index is 12.1. The molecule has 5 heteroatoms. The van der Waals surface area contributed by atoms with Crippen molar-refractivity contribution in [1.82, 2.24) is 0 Å². The van der Waals surface area contributed by atoms with Crippen LogP contribution in [0.2, 0.25) is 39.3 Å². The molecule has 0 N–H and O–H groups in total. The number of carbonyl (C=O) groups is 1. The first kappa shape index (κ1) is 16.9. The Morgan fingerprint density at radius 2 is 1.59 bits per heavy atom. The SMILES string of the molecule is CCCCC(O[Si](C)(C)C)C(=O)O[Si](C)(C)C. The lowest BCUT2D eigenvalue weighted by atomic mass is 10.2. The van der Waals surface area contributed by atoms with Gasteiger partial charge >= 0.3 is 5.97 Å². The number of unbranched alkanes of at least 4 members (excludes halogenated alkanes) is 1. The van der Waals surface area contributed by atoms with E-state index in [1.807, 2.05) is 19.6 Å². The van der Waals surface area contributed by atoms with Gasteiger partial charge in [-0.1, -0.05) is 19.8 Å². The summed E-state index contributed by atoms with van der Waals surface area (Å²) in [5.74, 6) is -0.153. The second-order valence-corrected chi connectivity index (χ2v) is 15.3. The van der Waals surface area contributed by atoms with Gasteiger partial charge in [-0.05, 0) is 45.7 Å². The van der Waals surface area contributed by atoms with E-state index in [4.69, 9.17) is 8.85 Å². The molecule has 3 nitrogen and oxygen atoms in total. The van der Waals surface area contributed by atoms with Gasteiger partial charge in [-0.3, -0.25) is 4.79 Å². The predicted molar refractivity (Wildman–Crippen MR) is 77.2 cm³/mol. The van der Waals surface area contributed by atoms with Crippen LogP contribution in [0.4, 0.5) is 0 Å². The third-order valence-corrected chi connectivity index (χ3v) is 3.79. The molecule has 0 aromatic carbocycles.